The van der Waals surface area contributed by atoms with E-state index in [1.54, 1.807) is 6.07 Å². The molecule has 0 aliphatic carbocycles. The summed E-state index contributed by atoms with van der Waals surface area (Å²) in [7, 11) is 0. The molecule has 13 heavy (non-hydrogen) atoms. The van der Waals surface area contributed by atoms with Crippen LogP contribution in [0, 0.1) is 17.1 Å². The Morgan fingerprint density at radius 2 is 2.15 bits per heavy atom. The van der Waals surface area contributed by atoms with Gasteiger partial charge in [0.15, 0.2) is 11.6 Å². The number of aromatic hydroxyl groups is 2. The van der Waals surface area contributed by atoms with Crippen molar-refractivity contribution in [1.82, 2.24) is 0 Å². The molecular weight excluding hydrogens is 197 g/mol. The van der Waals surface area contributed by atoms with E-state index in [1.807, 2.05) is 0 Å². The number of hydrogen-bond acceptors (Lipinski definition) is 3. The summed E-state index contributed by atoms with van der Waals surface area (Å²) in [5.41, 5.74) is -0.285. The van der Waals surface area contributed by atoms with Gasteiger partial charge in [-0.25, -0.2) is 4.39 Å². The van der Waals surface area contributed by atoms with Gasteiger partial charge < -0.3 is 10.2 Å². The molecule has 2 N–H and O–H groups in total. The summed E-state index contributed by atoms with van der Waals surface area (Å²) in [5, 5.41) is 26.3. The van der Waals surface area contributed by atoms with Gasteiger partial charge in [-0.1, -0.05) is 11.6 Å². The third-order valence-electron chi connectivity index (χ3n) is 1.52. The molecule has 1 aromatic carbocycles. The molecule has 5 heteroatoms. The Labute approximate surface area is 78.6 Å². The lowest BCUT2D eigenvalue weighted by molar-refractivity contribution is 0.415. The third kappa shape index (κ3) is 1.65. The zero-order valence-corrected chi connectivity index (χ0v) is 7.14. The first-order valence-corrected chi connectivity index (χ1v) is 3.71. The van der Waals surface area contributed by atoms with Crippen LogP contribution in [-0.4, -0.2) is 10.2 Å². The monoisotopic (exact) mass is 201 g/mol. The lowest BCUT2D eigenvalue weighted by Crippen LogP contribution is -1.91. The summed E-state index contributed by atoms with van der Waals surface area (Å²) in [5.74, 6) is -2.19. The van der Waals surface area contributed by atoms with Gasteiger partial charge in [-0.2, -0.15) is 5.26 Å². The zero-order valence-electron chi connectivity index (χ0n) is 6.38. The van der Waals surface area contributed by atoms with Crippen LogP contribution in [0.5, 0.6) is 11.5 Å². The quantitative estimate of drug-likeness (QED) is 0.683. The summed E-state index contributed by atoms with van der Waals surface area (Å²) in [6, 6.07) is 2.53. The number of hydrogen-bond donors (Lipinski definition) is 2. The predicted molar refractivity (Wildman–Crippen MR) is 44.1 cm³/mol. The maximum absolute atomic E-state index is 13.0. The average Bonchev–Trinajstić information content (AvgIpc) is 2.09. The maximum Gasteiger partial charge on any atom is 0.172 e. The molecule has 0 atom stereocenters. The number of halogens is 2. The lowest BCUT2D eigenvalue weighted by Gasteiger charge is -2.05. The number of rotatable bonds is 1. The summed E-state index contributed by atoms with van der Waals surface area (Å²) in [4.78, 5) is 0. The third-order valence-corrected chi connectivity index (χ3v) is 1.81. The normalized spacial score (nSPS) is 9.62. The molecule has 68 valence electrons. The average molecular weight is 202 g/mol. The second-order valence-corrected chi connectivity index (χ2v) is 2.76. The maximum atomic E-state index is 13.0. The Kier molecular flexibility index (Phi) is 2.59. The van der Waals surface area contributed by atoms with Crippen LogP contribution in [0.25, 0.3) is 0 Å². The van der Waals surface area contributed by atoms with Crippen LogP contribution in [0.2, 0.25) is 5.02 Å². The van der Waals surface area contributed by atoms with Crippen molar-refractivity contribution in [1.29, 1.82) is 5.26 Å². The SMILES string of the molecule is N#CCc1c(O)c(Cl)cc(O)c1F. The summed E-state index contributed by atoms with van der Waals surface area (Å²) in [6.45, 7) is 0. The highest BCUT2D eigenvalue weighted by atomic mass is 35.5. The molecule has 1 rings (SSSR count). The molecule has 0 bridgehead atoms. The molecule has 3 nitrogen and oxygen atoms in total. The molecule has 0 fully saturated rings. The first-order chi connectivity index (χ1) is 6.07. The minimum absolute atomic E-state index is 0.177. The van der Waals surface area contributed by atoms with Crippen molar-refractivity contribution < 1.29 is 14.6 Å². The van der Waals surface area contributed by atoms with Gasteiger partial charge in [0.1, 0.15) is 5.75 Å². The van der Waals surface area contributed by atoms with E-state index in [-0.39, 0.29) is 17.0 Å². The smallest absolute Gasteiger partial charge is 0.172 e. The Balaban J connectivity index is 3.39. The van der Waals surface area contributed by atoms with Crippen molar-refractivity contribution in [3.8, 4) is 17.6 Å². The number of phenols is 2. The number of nitrogens with zero attached hydrogens (tertiary/aromatic N) is 1. The van der Waals surface area contributed by atoms with Crippen LogP contribution in [-0.2, 0) is 6.42 Å². The van der Waals surface area contributed by atoms with Gasteiger partial charge >= 0.3 is 0 Å². The van der Waals surface area contributed by atoms with Crippen molar-refractivity contribution in [2.45, 2.75) is 6.42 Å². The molecule has 0 aromatic heterocycles. The van der Waals surface area contributed by atoms with E-state index in [1.165, 1.54) is 0 Å². The molecule has 0 heterocycles. The largest absolute Gasteiger partial charge is 0.506 e. The molecule has 0 amide bonds. The minimum Gasteiger partial charge on any atom is -0.506 e. The van der Waals surface area contributed by atoms with Gasteiger partial charge in [0.2, 0.25) is 0 Å². The van der Waals surface area contributed by atoms with Crippen LogP contribution >= 0.6 is 11.6 Å². The van der Waals surface area contributed by atoms with E-state index in [9.17, 15) is 9.50 Å². The van der Waals surface area contributed by atoms with E-state index in [4.69, 9.17) is 22.0 Å². The minimum atomic E-state index is -1.01. The fraction of sp³-hybridized carbons (Fsp3) is 0.125. The number of phenolic OH excluding ortho intramolecular Hbond substituents is 2. The molecule has 0 radical (unpaired) electrons. The molecule has 0 aliphatic rings. The Bertz CT molecular complexity index is 360. The van der Waals surface area contributed by atoms with Gasteiger partial charge in [0, 0.05) is 11.6 Å². The molecule has 0 saturated carbocycles. The van der Waals surface area contributed by atoms with E-state index in [2.05, 4.69) is 0 Å². The van der Waals surface area contributed by atoms with E-state index in [0.717, 1.165) is 6.07 Å². The second kappa shape index (κ2) is 3.50. The zero-order chi connectivity index (χ0) is 10.0. The van der Waals surface area contributed by atoms with Gasteiger partial charge in [0.05, 0.1) is 17.5 Å². The predicted octanol–water partition coefficient (Wildman–Crippen LogP) is 1.96. The fourth-order valence-electron chi connectivity index (χ4n) is 0.895. The van der Waals surface area contributed by atoms with Crippen molar-refractivity contribution in [2.75, 3.05) is 0 Å². The first kappa shape index (κ1) is 9.62. The van der Waals surface area contributed by atoms with Gasteiger partial charge in [-0.3, -0.25) is 0 Å². The number of nitriles is 1. The van der Waals surface area contributed by atoms with Crippen LogP contribution in [0.4, 0.5) is 4.39 Å². The summed E-state index contributed by atoms with van der Waals surface area (Å²) >= 11 is 5.44. The Morgan fingerprint density at radius 3 is 2.69 bits per heavy atom. The van der Waals surface area contributed by atoms with Crippen LogP contribution in [0.3, 0.4) is 0 Å². The molecule has 0 unspecified atom stereocenters. The van der Waals surface area contributed by atoms with Gasteiger partial charge in [-0.05, 0) is 0 Å². The Morgan fingerprint density at radius 1 is 1.54 bits per heavy atom. The lowest BCUT2D eigenvalue weighted by atomic mass is 10.1. The van der Waals surface area contributed by atoms with E-state index >= 15 is 0 Å². The van der Waals surface area contributed by atoms with Gasteiger partial charge in [-0.15, -0.1) is 0 Å². The highest BCUT2D eigenvalue weighted by Gasteiger charge is 2.15. The Hall–Kier alpha value is -1.47. The highest BCUT2D eigenvalue weighted by Crippen LogP contribution is 2.35. The molecule has 0 saturated heterocycles. The van der Waals surface area contributed by atoms with E-state index < -0.39 is 17.3 Å². The number of benzene rings is 1. The van der Waals surface area contributed by atoms with Crippen LogP contribution in [0.1, 0.15) is 5.56 Å². The summed E-state index contributed by atoms with van der Waals surface area (Å²) < 4.78 is 13.0. The molecule has 0 aliphatic heterocycles. The standard InChI is InChI=1S/C8H5ClFNO2/c9-5-3-6(12)7(10)4(1-2-11)8(5)13/h3,12-13H,1H2. The fourth-order valence-corrected chi connectivity index (χ4v) is 1.11. The van der Waals surface area contributed by atoms with Crippen molar-refractivity contribution in [3.63, 3.8) is 0 Å². The molecule has 1 aromatic rings. The van der Waals surface area contributed by atoms with E-state index in [0.29, 0.717) is 0 Å². The van der Waals surface area contributed by atoms with Crippen molar-refractivity contribution in [3.05, 3.63) is 22.5 Å². The van der Waals surface area contributed by atoms with Crippen molar-refractivity contribution >= 4 is 11.6 Å². The van der Waals surface area contributed by atoms with Crippen LogP contribution in [0.15, 0.2) is 6.07 Å². The second-order valence-electron chi connectivity index (χ2n) is 2.35. The molecule has 0 spiro atoms. The van der Waals surface area contributed by atoms with Crippen molar-refractivity contribution in [2.24, 2.45) is 0 Å². The molecular formula is C8H5ClFNO2. The van der Waals surface area contributed by atoms with Gasteiger partial charge in [0.25, 0.3) is 0 Å². The topological polar surface area (TPSA) is 64.2 Å². The first-order valence-electron chi connectivity index (χ1n) is 3.33. The summed E-state index contributed by atoms with van der Waals surface area (Å²) in [6.07, 6.45) is -0.341. The highest BCUT2D eigenvalue weighted by molar-refractivity contribution is 6.32. The van der Waals surface area contributed by atoms with Crippen LogP contribution < -0.4 is 0 Å².